The average Bonchev–Trinajstić information content (AvgIpc) is 2.18. The molecule has 5 nitrogen and oxygen atoms in total. The first kappa shape index (κ1) is 11.0. The van der Waals surface area contributed by atoms with Gasteiger partial charge >= 0.3 is 5.97 Å². The summed E-state index contributed by atoms with van der Waals surface area (Å²) >= 11 is 4.91. The van der Waals surface area contributed by atoms with Crippen molar-refractivity contribution in [3.63, 3.8) is 0 Å². The Kier molecular flexibility index (Phi) is 3.10. The van der Waals surface area contributed by atoms with Gasteiger partial charge in [-0.3, -0.25) is 4.55 Å². The lowest BCUT2D eigenvalue weighted by molar-refractivity contribution is 0.0697. The van der Waals surface area contributed by atoms with Crippen LogP contribution < -0.4 is 0 Å². The van der Waals surface area contributed by atoms with E-state index in [0.717, 1.165) is 0 Å². The lowest BCUT2D eigenvalue weighted by Gasteiger charge is -2.00. The number of nitrogens with zero attached hydrogens (tertiary/aromatic N) is 1. The Morgan fingerprint density at radius 3 is 2.21 bits per heavy atom. The number of aromatic carboxylic acids is 1. The van der Waals surface area contributed by atoms with Crippen molar-refractivity contribution in [2.24, 2.45) is 3.88 Å². The SMILES string of the molecule is O=C(O)c1ccc(S(=O)(O)=NCl)cc1. The summed E-state index contributed by atoms with van der Waals surface area (Å²) < 4.78 is 23.0. The number of hydrogen-bond acceptors (Lipinski definition) is 3. The van der Waals surface area contributed by atoms with Gasteiger partial charge in [0.25, 0.3) is 0 Å². The van der Waals surface area contributed by atoms with Gasteiger partial charge in [-0.05, 0) is 24.3 Å². The second-order valence-electron chi connectivity index (χ2n) is 2.40. The first-order valence-corrected chi connectivity index (χ1v) is 5.21. The third-order valence-corrected chi connectivity index (χ3v) is 3.14. The number of carboxylic acids is 1. The topological polar surface area (TPSA) is 87.0 Å². The predicted octanol–water partition coefficient (Wildman–Crippen LogP) is 1.84. The summed E-state index contributed by atoms with van der Waals surface area (Å²) in [4.78, 5) is 10.4. The molecule has 0 aliphatic rings. The first-order valence-electron chi connectivity index (χ1n) is 3.40. The van der Waals surface area contributed by atoms with E-state index < -0.39 is 16.0 Å². The summed E-state index contributed by atoms with van der Waals surface area (Å²) in [6.07, 6.45) is 0. The van der Waals surface area contributed by atoms with Crippen LogP contribution in [0.1, 0.15) is 10.4 Å². The fourth-order valence-electron chi connectivity index (χ4n) is 0.815. The van der Waals surface area contributed by atoms with Crippen LogP contribution in [0.15, 0.2) is 33.0 Å². The maximum atomic E-state index is 11.1. The van der Waals surface area contributed by atoms with Gasteiger partial charge in [0, 0.05) is 11.8 Å². The van der Waals surface area contributed by atoms with Crippen LogP contribution in [0.2, 0.25) is 0 Å². The van der Waals surface area contributed by atoms with Gasteiger partial charge in [-0.25, -0.2) is 9.00 Å². The molecule has 1 aromatic rings. The molecule has 0 aromatic heterocycles. The molecule has 0 amide bonds. The average molecular weight is 236 g/mol. The zero-order chi connectivity index (χ0) is 10.8. The van der Waals surface area contributed by atoms with Gasteiger partial charge < -0.3 is 5.11 Å². The maximum Gasteiger partial charge on any atom is 0.335 e. The summed E-state index contributed by atoms with van der Waals surface area (Å²) in [6.45, 7) is 0. The Morgan fingerprint density at radius 2 is 1.86 bits per heavy atom. The fourth-order valence-corrected chi connectivity index (χ4v) is 1.62. The normalized spacial score (nSPS) is 14.4. The van der Waals surface area contributed by atoms with Crippen LogP contribution in [0, 0.1) is 0 Å². The van der Waals surface area contributed by atoms with Crippen LogP contribution in [0.25, 0.3) is 0 Å². The molecule has 1 atom stereocenters. The molecular weight excluding hydrogens is 230 g/mol. The molecule has 0 saturated heterocycles. The monoisotopic (exact) mass is 235 g/mol. The minimum absolute atomic E-state index is 0.0264. The van der Waals surface area contributed by atoms with E-state index in [1.165, 1.54) is 24.3 Å². The van der Waals surface area contributed by atoms with Gasteiger partial charge in [0.1, 0.15) is 0 Å². The molecule has 2 N–H and O–H groups in total. The van der Waals surface area contributed by atoms with E-state index in [9.17, 15) is 9.00 Å². The summed E-state index contributed by atoms with van der Waals surface area (Å²) in [7, 11) is -3.59. The van der Waals surface area contributed by atoms with Crippen LogP contribution in [-0.4, -0.2) is 19.8 Å². The number of rotatable bonds is 2. The maximum absolute atomic E-state index is 11.1. The first-order chi connectivity index (χ1) is 6.47. The Bertz CT molecular complexity index is 461. The number of hydrogen-bond donors (Lipinski definition) is 2. The van der Waals surface area contributed by atoms with Crippen molar-refractivity contribution in [1.82, 2.24) is 0 Å². The molecule has 0 aliphatic heterocycles. The van der Waals surface area contributed by atoms with Gasteiger partial charge in [0.2, 0.25) is 10.0 Å². The van der Waals surface area contributed by atoms with E-state index in [1.807, 2.05) is 0 Å². The lowest BCUT2D eigenvalue weighted by atomic mass is 10.2. The minimum atomic E-state index is -3.59. The summed E-state index contributed by atoms with van der Waals surface area (Å²) in [5, 5.41) is 8.55. The number of carboxylic acid groups (broad SMARTS) is 1. The van der Waals surface area contributed by atoms with Gasteiger partial charge in [-0.15, -0.1) is 0 Å². The van der Waals surface area contributed by atoms with E-state index in [1.54, 1.807) is 0 Å². The van der Waals surface area contributed by atoms with Crippen LogP contribution in [-0.2, 0) is 10.0 Å². The highest BCUT2D eigenvalue weighted by atomic mass is 35.5. The van der Waals surface area contributed by atoms with Crippen LogP contribution in [0.5, 0.6) is 0 Å². The largest absolute Gasteiger partial charge is 0.478 e. The molecule has 0 spiro atoms. The van der Waals surface area contributed by atoms with E-state index in [0.29, 0.717) is 0 Å². The highest BCUT2D eigenvalue weighted by molar-refractivity contribution is 7.88. The smallest absolute Gasteiger partial charge is 0.335 e. The van der Waals surface area contributed by atoms with Crippen molar-refractivity contribution in [3.05, 3.63) is 29.8 Å². The van der Waals surface area contributed by atoms with E-state index >= 15 is 0 Å². The summed E-state index contributed by atoms with van der Waals surface area (Å²) in [5.74, 6) is -1.11. The van der Waals surface area contributed by atoms with E-state index in [-0.39, 0.29) is 10.5 Å². The fraction of sp³-hybridized carbons (Fsp3) is 0. The van der Waals surface area contributed by atoms with Crippen molar-refractivity contribution in [2.45, 2.75) is 4.90 Å². The Balaban J connectivity index is 3.19. The predicted molar refractivity (Wildman–Crippen MR) is 50.7 cm³/mol. The lowest BCUT2D eigenvalue weighted by Crippen LogP contribution is -1.99. The molecule has 1 rings (SSSR count). The quantitative estimate of drug-likeness (QED) is 0.819. The molecule has 76 valence electrons. The highest BCUT2D eigenvalue weighted by Crippen LogP contribution is 2.13. The molecule has 1 unspecified atom stereocenters. The van der Waals surface area contributed by atoms with Crippen LogP contribution >= 0.6 is 11.8 Å². The standard InChI is InChI=1S/C7H6ClNO4S/c8-9-14(12,13)6-3-1-5(2-4-6)7(10)11/h1-4H,(H,10,11)(H,9,12,13). The van der Waals surface area contributed by atoms with Crippen LogP contribution in [0.3, 0.4) is 0 Å². The second-order valence-corrected chi connectivity index (χ2v) is 4.41. The van der Waals surface area contributed by atoms with E-state index in [4.69, 9.17) is 21.4 Å². The Morgan fingerprint density at radius 1 is 1.36 bits per heavy atom. The number of halogens is 1. The Labute approximate surface area is 85.4 Å². The van der Waals surface area contributed by atoms with Crippen LogP contribution in [0.4, 0.5) is 0 Å². The highest BCUT2D eigenvalue weighted by Gasteiger charge is 2.09. The second kappa shape index (κ2) is 3.95. The zero-order valence-electron chi connectivity index (χ0n) is 6.75. The van der Waals surface area contributed by atoms with Crippen molar-refractivity contribution in [3.8, 4) is 0 Å². The zero-order valence-corrected chi connectivity index (χ0v) is 8.33. The molecular formula is C7H6ClNO4S. The minimum Gasteiger partial charge on any atom is -0.478 e. The van der Waals surface area contributed by atoms with Gasteiger partial charge in [-0.2, -0.15) is 0 Å². The molecule has 0 saturated carbocycles. The molecule has 0 aliphatic carbocycles. The summed E-state index contributed by atoms with van der Waals surface area (Å²) in [5.41, 5.74) is 0.0264. The van der Waals surface area contributed by atoms with Crippen molar-refractivity contribution in [2.75, 3.05) is 0 Å². The molecule has 0 heterocycles. The van der Waals surface area contributed by atoms with Gasteiger partial charge in [-0.1, -0.05) is 3.88 Å². The van der Waals surface area contributed by atoms with E-state index in [2.05, 4.69) is 3.88 Å². The molecule has 0 radical (unpaired) electrons. The molecule has 0 bridgehead atoms. The Hall–Kier alpha value is -1.11. The third kappa shape index (κ3) is 2.22. The van der Waals surface area contributed by atoms with Crippen molar-refractivity contribution in [1.29, 1.82) is 0 Å². The van der Waals surface area contributed by atoms with Gasteiger partial charge in [0.15, 0.2) is 0 Å². The van der Waals surface area contributed by atoms with Gasteiger partial charge in [0.05, 0.1) is 10.5 Å². The number of carbonyl (C=O) groups is 1. The molecule has 14 heavy (non-hydrogen) atoms. The molecule has 1 aromatic carbocycles. The summed E-state index contributed by atoms with van der Waals surface area (Å²) in [6, 6.07) is 4.79. The van der Waals surface area contributed by atoms with Crippen molar-refractivity contribution < 1.29 is 18.7 Å². The van der Waals surface area contributed by atoms with Crippen molar-refractivity contribution >= 4 is 27.8 Å². The number of benzene rings is 1. The molecule has 7 heteroatoms. The molecule has 0 fully saturated rings. The third-order valence-electron chi connectivity index (χ3n) is 1.50.